The van der Waals surface area contributed by atoms with E-state index in [1.54, 1.807) is 14.2 Å². The molecule has 3 aromatic rings. The Labute approximate surface area is 199 Å². The number of H-pyrrole nitrogens is 1. The van der Waals surface area contributed by atoms with Crippen LogP contribution in [0.1, 0.15) is 24.5 Å². The number of thiocarbonyl (C=S) groups is 1. The molecule has 0 bridgehead atoms. The van der Waals surface area contributed by atoms with Gasteiger partial charge in [0.15, 0.2) is 5.11 Å². The van der Waals surface area contributed by atoms with Crippen molar-refractivity contribution in [2.45, 2.75) is 26.4 Å². The molecule has 0 fully saturated rings. The maximum absolute atomic E-state index is 12.8. The first-order valence-electron chi connectivity index (χ1n) is 11.0. The van der Waals surface area contributed by atoms with Crippen molar-refractivity contribution in [1.29, 1.82) is 0 Å². The molecule has 0 atom stereocenters. The SMILES string of the molecule is CCOCCCNC(=S)N(Cc1ccc(OC)cc1)Cc1cc2cc(OC)ccc2[nH]c1=O. The van der Waals surface area contributed by atoms with Crippen molar-refractivity contribution in [3.05, 3.63) is 70.0 Å². The molecule has 0 amide bonds. The number of benzene rings is 2. The van der Waals surface area contributed by atoms with Crippen molar-refractivity contribution in [2.24, 2.45) is 0 Å². The number of fused-ring (bicyclic) bond motifs is 1. The van der Waals surface area contributed by atoms with Gasteiger partial charge in [0.25, 0.3) is 5.56 Å². The number of hydrogen-bond acceptors (Lipinski definition) is 5. The Bertz CT molecular complexity index is 1110. The van der Waals surface area contributed by atoms with E-state index in [0.717, 1.165) is 34.4 Å². The highest BCUT2D eigenvalue weighted by molar-refractivity contribution is 7.80. The molecular formula is C25H31N3O4S. The second kappa shape index (κ2) is 12.2. The first kappa shape index (κ1) is 24.5. The van der Waals surface area contributed by atoms with Crippen LogP contribution in [0.4, 0.5) is 0 Å². The van der Waals surface area contributed by atoms with Crippen molar-refractivity contribution in [3.8, 4) is 11.5 Å². The summed E-state index contributed by atoms with van der Waals surface area (Å²) in [7, 11) is 3.27. The van der Waals surface area contributed by atoms with Crippen molar-refractivity contribution in [1.82, 2.24) is 15.2 Å². The third-order valence-electron chi connectivity index (χ3n) is 5.26. The van der Waals surface area contributed by atoms with Crippen LogP contribution in [-0.2, 0) is 17.8 Å². The lowest BCUT2D eigenvalue weighted by atomic mass is 10.1. The van der Waals surface area contributed by atoms with Crippen LogP contribution in [0.25, 0.3) is 10.9 Å². The zero-order valence-electron chi connectivity index (χ0n) is 19.3. The average Bonchev–Trinajstić information content (AvgIpc) is 2.84. The van der Waals surface area contributed by atoms with Crippen LogP contribution < -0.4 is 20.3 Å². The van der Waals surface area contributed by atoms with E-state index < -0.39 is 0 Å². The van der Waals surface area contributed by atoms with E-state index in [-0.39, 0.29) is 5.56 Å². The van der Waals surface area contributed by atoms with Crippen molar-refractivity contribution < 1.29 is 14.2 Å². The summed E-state index contributed by atoms with van der Waals surface area (Å²) in [5, 5.41) is 4.80. The monoisotopic (exact) mass is 469 g/mol. The van der Waals surface area contributed by atoms with E-state index in [9.17, 15) is 4.79 Å². The molecule has 0 unspecified atom stereocenters. The van der Waals surface area contributed by atoms with Crippen LogP contribution in [0.3, 0.4) is 0 Å². The Morgan fingerprint density at radius 1 is 1.03 bits per heavy atom. The maximum atomic E-state index is 12.8. The third-order valence-corrected chi connectivity index (χ3v) is 5.66. The summed E-state index contributed by atoms with van der Waals surface area (Å²) >= 11 is 5.70. The lowest BCUT2D eigenvalue weighted by molar-refractivity contribution is 0.145. The number of nitrogens with zero attached hydrogens (tertiary/aromatic N) is 1. The number of aromatic nitrogens is 1. The van der Waals surface area contributed by atoms with Gasteiger partial charge in [0.2, 0.25) is 0 Å². The van der Waals surface area contributed by atoms with Gasteiger partial charge in [-0.2, -0.15) is 0 Å². The minimum atomic E-state index is -0.133. The smallest absolute Gasteiger partial charge is 0.253 e. The first-order valence-corrected chi connectivity index (χ1v) is 11.4. The predicted octanol–water partition coefficient (Wildman–Crippen LogP) is 3.85. The minimum Gasteiger partial charge on any atom is -0.497 e. The van der Waals surface area contributed by atoms with Crippen molar-refractivity contribution in [2.75, 3.05) is 34.0 Å². The van der Waals surface area contributed by atoms with Gasteiger partial charge in [-0.05, 0) is 67.5 Å². The summed E-state index contributed by atoms with van der Waals surface area (Å²) in [6.45, 7) is 4.97. The van der Waals surface area contributed by atoms with E-state index in [0.29, 0.717) is 43.5 Å². The molecule has 3 rings (SSSR count). The Hall–Kier alpha value is -3.10. The number of aromatic amines is 1. The Morgan fingerprint density at radius 2 is 1.76 bits per heavy atom. The summed E-state index contributed by atoms with van der Waals surface area (Å²) < 4.78 is 16.0. The van der Waals surface area contributed by atoms with Gasteiger partial charge in [-0.15, -0.1) is 0 Å². The van der Waals surface area contributed by atoms with E-state index in [2.05, 4.69) is 10.3 Å². The molecule has 0 aliphatic heterocycles. The first-order chi connectivity index (χ1) is 16.0. The second-order valence-electron chi connectivity index (χ2n) is 7.56. The zero-order valence-corrected chi connectivity index (χ0v) is 20.2. The van der Waals surface area contributed by atoms with Gasteiger partial charge in [0, 0.05) is 42.8 Å². The summed E-state index contributed by atoms with van der Waals surface area (Å²) in [6, 6.07) is 15.3. The summed E-state index contributed by atoms with van der Waals surface area (Å²) in [4.78, 5) is 17.8. The van der Waals surface area contributed by atoms with Crippen molar-refractivity contribution >= 4 is 28.2 Å². The molecule has 2 N–H and O–H groups in total. The molecule has 0 aliphatic carbocycles. The maximum Gasteiger partial charge on any atom is 0.253 e. The van der Waals surface area contributed by atoms with Gasteiger partial charge in [0.1, 0.15) is 11.5 Å². The third kappa shape index (κ3) is 6.94. The van der Waals surface area contributed by atoms with Gasteiger partial charge >= 0.3 is 0 Å². The largest absolute Gasteiger partial charge is 0.497 e. The quantitative estimate of drug-likeness (QED) is 0.326. The van der Waals surface area contributed by atoms with Crippen LogP contribution in [0, 0.1) is 0 Å². The summed E-state index contributed by atoms with van der Waals surface area (Å²) in [5.41, 5.74) is 2.32. The molecule has 0 aliphatic rings. The van der Waals surface area contributed by atoms with E-state index in [4.69, 9.17) is 26.4 Å². The molecule has 0 saturated carbocycles. The van der Waals surface area contributed by atoms with Crippen LogP contribution >= 0.6 is 12.2 Å². The van der Waals surface area contributed by atoms with E-state index in [1.807, 2.05) is 60.4 Å². The molecule has 8 heteroatoms. The number of ether oxygens (including phenoxy) is 3. The molecule has 7 nitrogen and oxygen atoms in total. The predicted molar refractivity (Wildman–Crippen MR) is 135 cm³/mol. The lowest BCUT2D eigenvalue weighted by Crippen LogP contribution is -2.40. The van der Waals surface area contributed by atoms with Crippen molar-refractivity contribution in [3.63, 3.8) is 0 Å². The van der Waals surface area contributed by atoms with E-state index in [1.165, 1.54) is 0 Å². The molecule has 2 aromatic carbocycles. The fourth-order valence-electron chi connectivity index (χ4n) is 3.46. The average molecular weight is 470 g/mol. The summed E-state index contributed by atoms with van der Waals surface area (Å²) in [6.07, 6.45) is 0.848. The Kier molecular flexibility index (Phi) is 9.09. The number of pyridine rings is 1. The van der Waals surface area contributed by atoms with Gasteiger partial charge in [-0.3, -0.25) is 4.79 Å². The van der Waals surface area contributed by atoms with E-state index >= 15 is 0 Å². The lowest BCUT2D eigenvalue weighted by Gasteiger charge is -2.26. The molecule has 0 spiro atoms. The van der Waals surface area contributed by atoms with Gasteiger partial charge in [0.05, 0.1) is 20.8 Å². The molecular weight excluding hydrogens is 438 g/mol. The number of hydrogen-bond donors (Lipinski definition) is 2. The topological polar surface area (TPSA) is 75.8 Å². The van der Waals surface area contributed by atoms with Gasteiger partial charge in [-0.1, -0.05) is 12.1 Å². The molecule has 0 saturated heterocycles. The molecule has 1 aromatic heterocycles. The summed E-state index contributed by atoms with van der Waals surface area (Å²) in [5.74, 6) is 1.53. The second-order valence-corrected chi connectivity index (χ2v) is 7.95. The minimum absolute atomic E-state index is 0.133. The molecule has 1 heterocycles. The molecule has 176 valence electrons. The Balaban J connectivity index is 1.82. The molecule has 33 heavy (non-hydrogen) atoms. The Morgan fingerprint density at radius 3 is 2.45 bits per heavy atom. The van der Waals surface area contributed by atoms with Crippen LogP contribution in [0.15, 0.2) is 53.3 Å². The fourth-order valence-corrected chi connectivity index (χ4v) is 3.69. The van der Waals surface area contributed by atoms with Crippen LogP contribution in [0.5, 0.6) is 11.5 Å². The number of rotatable bonds is 11. The van der Waals surface area contributed by atoms with Gasteiger partial charge in [-0.25, -0.2) is 0 Å². The normalized spacial score (nSPS) is 10.8. The number of nitrogens with one attached hydrogen (secondary N) is 2. The van der Waals surface area contributed by atoms with Gasteiger partial charge < -0.3 is 29.4 Å². The highest BCUT2D eigenvalue weighted by Gasteiger charge is 2.14. The molecule has 0 radical (unpaired) electrons. The fraction of sp³-hybridized carbons (Fsp3) is 0.360. The highest BCUT2D eigenvalue weighted by Crippen LogP contribution is 2.20. The van der Waals surface area contributed by atoms with Crippen LogP contribution in [-0.4, -0.2) is 49.0 Å². The highest BCUT2D eigenvalue weighted by atomic mass is 32.1. The van der Waals surface area contributed by atoms with Crippen LogP contribution in [0.2, 0.25) is 0 Å². The number of methoxy groups -OCH3 is 2. The standard InChI is InChI=1S/C25H31N3O4S/c1-4-32-13-5-12-26-25(33)28(16-18-6-8-21(30-2)9-7-18)17-20-14-19-15-22(31-3)10-11-23(19)27-24(20)29/h6-11,14-15H,4-5,12-13,16-17H2,1-3H3,(H,26,33)(H,27,29). The zero-order chi connectivity index (χ0) is 23.6.